The lowest BCUT2D eigenvalue weighted by Gasteiger charge is -2.23. The molecule has 0 aliphatic heterocycles. The van der Waals surface area contributed by atoms with Crippen LogP contribution in [0.15, 0.2) is 18.2 Å². The zero-order chi connectivity index (χ0) is 21.5. The number of ether oxygens (including phenoxy) is 1. The molecule has 3 N–H and O–H groups in total. The van der Waals surface area contributed by atoms with E-state index in [0.717, 1.165) is 36.8 Å². The van der Waals surface area contributed by atoms with E-state index in [-0.39, 0.29) is 11.3 Å². The molecule has 0 unspecified atom stereocenters. The monoisotopic (exact) mass is 409 g/mol. The van der Waals surface area contributed by atoms with Crippen LogP contribution in [0.4, 0.5) is 5.69 Å². The second-order valence-corrected chi connectivity index (χ2v) is 10.1. The van der Waals surface area contributed by atoms with Gasteiger partial charge in [0, 0.05) is 24.2 Å². The number of aromatic nitrogens is 1. The fourth-order valence-corrected chi connectivity index (χ4v) is 4.64. The first kappa shape index (κ1) is 21.1. The summed E-state index contributed by atoms with van der Waals surface area (Å²) < 4.78 is 5.72. The van der Waals surface area contributed by atoms with Crippen molar-refractivity contribution in [3.63, 3.8) is 0 Å². The summed E-state index contributed by atoms with van der Waals surface area (Å²) in [7, 11) is 0. The van der Waals surface area contributed by atoms with Crippen LogP contribution in [-0.4, -0.2) is 30.1 Å². The van der Waals surface area contributed by atoms with Crippen LogP contribution in [0.25, 0.3) is 10.9 Å². The number of rotatable bonds is 6. The number of hydrogen-bond donors (Lipinski definition) is 2. The number of nitrogen functional groups attached to an aromatic ring is 1. The Hall–Kier alpha value is -2.14. The predicted octanol–water partition coefficient (Wildman–Crippen LogP) is 4.93. The summed E-state index contributed by atoms with van der Waals surface area (Å²) in [5.41, 5.74) is 10.8. The molecule has 1 amide bonds. The number of amides is 1. The topological polar surface area (TPSA) is 77.2 Å². The third-order valence-electron chi connectivity index (χ3n) is 6.50. The number of benzene rings is 1. The Morgan fingerprint density at radius 2 is 1.97 bits per heavy atom. The maximum Gasteiger partial charge on any atom is 0.269 e. The van der Waals surface area contributed by atoms with Crippen molar-refractivity contribution in [2.75, 3.05) is 18.9 Å². The van der Waals surface area contributed by atoms with E-state index < -0.39 is 0 Å². The average molecular weight is 410 g/mol. The molecule has 2 saturated carbocycles. The highest BCUT2D eigenvalue weighted by molar-refractivity contribution is 6.00. The molecule has 30 heavy (non-hydrogen) atoms. The molecule has 1 heterocycles. The lowest BCUT2D eigenvalue weighted by molar-refractivity contribution is 0.0651. The van der Waals surface area contributed by atoms with Gasteiger partial charge in [0.05, 0.1) is 11.6 Å². The van der Waals surface area contributed by atoms with Gasteiger partial charge in [0.25, 0.3) is 5.91 Å². The maximum absolute atomic E-state index is 12.9. The van der Waals surface area contributed by atoms with Gasteiger partial charge in [-0.1, -0.05) is 26.8 Å². The zero-order valence-electron chi connectivity index (χ0n) is 18.8. The number of nitrogens with two attached hydrogens (primary N) is 1. The van der Waals surface area contributed by atoms with E-state index in [1.54, 1.807) is 6.07 Å². The quantitative estimate of drug-likeness (QED) is 0.709. The van der Waals surface area contributed by atoms with Crippen LogP contribution >= 0.6 is 0 Å². The van der Waals surface area contributed by atoms with Crippen LogP contribution in [0, 0.1) is 5.92 Å². The van der Waals surface area contributed by atoms with E-state index in [0.29, 0.717) is 35.9 Å². The average Bonchev–Trinajstić information content (AvgIpc) is 3.45. The van der Waals surface area contributed by atoms with Gasteiger partial charge in [-0.3, -0.25) is 4.79 Å². The van der Waals surface area contributed by atoms with E-state index in [1.807, 2.05) is 6.92 Å². The van der Waals surface area contributed by atoms with E-state index >= 15 is 0 Å². The van der Waals surface area contributed by atoms with E-state index in [2.05, 4.69) is 38.2 Å². The van der Waals surface area contributed by atoms with Crippen molar-refractivity contribution in [2.24, 2.45) is 5.92 Å². The molecule has 0 radical (unpaired) electrons. The Labute approximate surface area is 179 Å². The van der Waals surface area contributed by atoms with Gasteiger partial charge in [0.1, 0.15) is 5.69 Å². The first-order valence-electron chi connectivity index (χ1n) is 11.4. The minimum absolute atomic E-state index is 0.0736. The molecule has 2 atom stereocenters. The van der Waals surface area contributed by atoms with Gasteiger partial charge in [-0.05, 0) is 79.5 Å². The molecule has 2 aromatic rings. The normalized spacial score (nSPS) is 21.9. The fraction of sp³-hybridized carbons (Fsp3) is 0.600. The molecule has 0 bridgehead atoms. The molecule has 4 rings (SSSR count). The number of carbonyl (C=O) groups excluding carboxylic acids is 1. The van der Waals surface area contributed by atoms with Crippen LogP contribution in [0.3, 0.4) is 0 Å². The van der Waals surface area contributed by atoms with Crippen molar-refractivity contribution in [2.45, 2.75) is 77.2 Å². The number of carbonyl (C=O) groups is 1. The molecule has 2 fully saturated rings. The van der Waals surface area contributed by atoms with Crippen molar-refractivity contribution < 1.29 is 9.53 Å². The first-order valence-corrected chi connectivity index (χ1v) is 11.4. The third kappa shape index (κ3) is 4.46. The first-order chi connectivity index (χ1) is 14.3. The number of nitrogens with zero attached hydrogens (tertiary/aromatic N) is 1. The highest BCUT2D eigenvalue weighted by Crippen LogP contribution is 2.44. The van der Waals surface area contributed by atoms with Gasteiger partial charge in [-0.15, -0.1) is 0 Å². The number of anilines is 1. The summed E-state index contributed by atoms with van der Waals surface area (Å²) in [4.78, 5) is 17.7. The Morgan fingerprint density at radius 1 is 1.20 bits per heavy atom. The molecule has 1 aromatic heterocycles. The Morgan fingerprint density at radius 3 is 2.63 bits per heavy atom. The van der Waals surface area contributed by atoms with Crippen molar-refractivity contribution in [1.29, 1.82) is 0 Å². The van der Waals surface area contributed by atoms with Crippen molar-refractivity contribution >= 4 is 22.5 Å². The summed E-state index contributed by atoms with van der Waals surface area (Å²) in [6, 6.07) is 6.19. The van der Waals surface area contributed by atoms with Crippen LogP contribution < -0.4 is 11.1 Å². The van der Waals surface area contributed by atoms with Gasteiger partial charge in [-0.2, -0.15) is 0 Å². The number of pyridine rings is 1. The second kappa shape index (κ2) is 8.18. The molecular formula is C25H35N3O2. The predicted molar refractivity (Wildman–Crippen MR) is 122 cm³/mol. The van der Waals surface area contributed by atoms with Gasteiger partial charge in [0.15, 0.2) is 0 Å². The standard InChI is InChI=1S/C25H35N3O2/c1-5-30-18-9-6-15(10-18)14-27-24(29)22-13-21(26)19-11-17(16-7-8-16)12-20(23(19)28-22)25(2,3)4/h11-13,15-16,18H,5-10,14H2,1-4H3,(H2,26,28)(H,27,29)/t15-,18-/m0/s1. The summed E-state index contributed by atoms with van der Waals surface area (Å²) >= 11 is 0. The molecule has 2 aliphatic carbocycles. The van der Waals surface area contributed by atoms with Crippen molar-refractivity contribution in [3.8, 4) is 0 Å². The van der Waals surface area contributed by atoms with Crippen LogP contribution in [0.1, 0.15) is 87.3 Å². The molecule has 162 valence electrons. The van der Waals surface area contributed by atoms with Gasteiger partial charge < -0.3 is 15.8 Å². The SMILES string of the molecule is CCO[C@H]1CC[C@H](CNC(=O)c2cc(N)c3cc(C4CC4)cc(C(C)(C)C)c3n2)C1. The number of fused-ring (bicyclic) bond motifs is 1. The number of hydrogen-bond acceptors (Lipinski definition) is 4. The Kier molecular flexibility index (Phi) is 5.75. The van der Waals surface area contributed by atoms with E-state index in [1.165, 1.54) is 24.0 Å². The fourth-order valence-electron chi connectivity index (χ4n) is 4.64. The van der Waals surface area contributed by atoms with Crippen molar-refractivity contribution in [1.82, 2.24) is 10.3 Å². The molecular weight excluding hydrogens is 374 g/mol. The largest absolute Gasteiger partial charge is 0.398 e. The summed E-state index contributed by atoms with van der Waals surface area (Å²) in [6.45, 7) is 10.0. The highest BCUT2D eigenvalue weighted by Gasteiger charge is 2.29. The minimum Gasteiger partial charge on any atom is -0.398 e. The third-order valence-corrected chi connectivity index (χ3v) is 6.50. The van der Waals surface area contributed by atoms with Gasteiger partial charge >= 0.3 is 0 Å². The zero-order valence-corrected chi connectivity index (χ0v) is 18.8. The molecule has 0 spiro atoms. The molecule has 1 aromatic carbocycles. The molecule has 5 heteroatoms. The van der Waals surface area contributed by atoms with E-state index in [4.69, 9.17) is 15.5 Å². The van der Waals surface area contributed by atoms with Gasteiger partial charge in [-0.25, -0.2) is 4.98 Å². The summed E-state index contributed by atoms with van der Waals surface area (Å²) in [5, 5.41) is 4.05. The Balaban J connectivity index is 1.57. The van der Waals surface area contributed by atoms with Crippen LogP contribution in [0.2, 0.25) is 0 Å². The van der Waals surface area contributed by atoms with E-state index in [9.17, 15) is 4.79 Å². The second-order valence-electron chi connectivity index (χ2n) is 10.1. The molecule has 5 nitrogen and oxygen atoms in total. The molecule has 0 saturated heterocycles. The van der Waals surface area contributed by atoms with Crippen LogP contribution in [-0.2, 0) is 10.2 Å². The van der Waals surface area contributed by atoms with Gasteiger partial charge in [0.2, 0.25) is 0 Å². The minimum atomic E-state index is -0.144. The lowest BCUT2D eigenvalue weighted by atomic mass is 9.83. The number of nitrogens with one attached hydrogen (secondary N) is 1. The maximum atomic E-state index is 12.9. The smallest absolute Gasteiger partial charge is 0.269 e. The molecule has 2 aliphatic rings. The summed E-state index contributed by atoms with van der Waals surface area (Å²) in [5.74, 6) is 0.967. The summed E-state index contributed by atoms with van der Waals surface area (Å²) in [6.07, 6.45) is 6.01. The lowest BCUT2D eigenvalue weighted by Crippen LogP contribution is -2.29. The Bertz CT molecular complexity index is 944. The highest BCUT2D eigenvalue weighted by atomic mass is 16.5. The van der Waals surface area contributed by atoms with Crippen LogP contribution in [0.5, 0.6) is 0 Å². The van der Waals surface area contributed by atoms with Crippen molar-refractivity contribution in [3.05, 3.63) is 35.0 Å².